The molecule has 0 amide bonds. The molecule has 10 heteroatoms. The fraction of sp³-hybridized carbons (Fsp3) is 0.368. The molecule has 1 aliphatic rings. The van der Waals surface area contributed by atoms with E-state index in [1.54, 1.807) is 0 Å². The van der Waals surface area contributed by atoms with Crippen LogP contribution in [-0.4, -0.2) is 26.3 Å². The molecule has 1 aliphatic heterocycles. The first-order chi connectivity index (χ1) is 13.7. The van der Waals surface area contributed by atoms with E-state index in [2.05, 4.69) is 47.1 Å². The van der Waals surface area contributed by atoms with Gasteiger partial charge in [-0.2, -0.15) is 23.3 Å². The van der Waals surface area contributed by atoms with Gasteiger partial charge >= 0.3 is 11.9 Å². The van der Waals surface area contributed by atoms with Crippen LogP contribution in [0, 0.1) is 6.92 Å². The third kappa shape index (κ3) is 3.89. The van der Waals surface area contributed by atoms with Gasteiger partial charge in [0.05, 0.1) is 18.8 Å². The van der Waals surface area contributed by atoms with Crippen molar-refractivity contribution in [3.05, 3.63) is 67.7 Å². The van der Waals surface area contributed by atoms with Gasteiger partial charge < -0.3 is 4.90 Å². The summed E-state index contributed by atoms with van der Waals surface area (Å²) in [6, 6.07) is 6.38. The quantitative estimate of drug-likeness (QED) is 0.647. The molecule has 152 valence electrons. The molecule has 29 heavy (non-hydrogen) atoms. The van der Waals surface area contributed by atoms with E-state index in [0.29, 0.717) is 23.7 Å². The van der Waals surface area contributed by atoms with Crippen molar-refractivity contribution in [1.82, 2.24) is 19.7 Å². The van der Waals surface area contributed by atoms with Gasteiger partial charge in [-0.1, -0.05) is 23.8 Å². The van der Waals surface area contributed by atoms with E-state index in [9.17, 15) is 18.0 Å². The number of fused-ring (bicyclic) bond motifs is 1. The molecule has 0 radical (unpaired) electrons. The van der Waals surface area contributed by atoms with Gasteiger partial charge in [-0.3, -0.25) is 0 Å². The topological polar surface area (TPSA) is 63.9 Å². The number of alkyl halides is 3. The van der Waals surface area contributed by atoms with Crippen LogP contribution in [-0.2, 0) is 19.1 Å². The monoisotopic (exact) mass is 421 g/mol. The number of rotatable bonds is 3. The third-order valence-electron chi connectivity index (χ3n) is 4.98. The number of benzene rings is 1. The lowest BCUT2D eigenvalue weighted by molar-refractivity contribution is -0.137. The summed E-state index contributed by atoms with van der Waals surface area (Å²) in [6.07, 6.45) is -1.06. The summed E-state index contributed by atoms with van der Waals surface area (Å²) in [6.45, 7) is 4.72. The third-order valence-corrected chi connectivity index (χ3v) is 6.00. The van der Waals surface area contributed by atoms with Crippen molar-refractivity contribution in [3.8, 4) is 0 Å². The second kappa shape index (κ2) is 7.25. The number of nitrogens with zero attached hydrogens (tertiary/aromatic N) is 5. The fourth-order valence-corrected chi connectivity index (χ4v) is 4.30. The Kier molecular flexibility index (Phi) is 4.89. The Morgan fingerprint density at radius 2 is 2.07 bits per heavy atom. The Morgan fingerprint density at radius 3 is 2.76 bits per heavy atom. The SMILES string of the molecule is Cc1ccc2c(c1)CCN(c1cnn(Cc3cnc(C(F)(F)F)s3)c(=O)n1)C2C. The number of hydrogen-bond donors (Lipinski definition) is 0. The zero-order valence-corrected chi connectivity index (χ0v) is 16.6. The first kappa shape index (κ1) is 19.6. The molecule has 0 bridgehead atoms. The first-order valence-corrected chi connectivity index (χ1v) is 9.86. The Morgan fingerprint density at radius 1 is 1.28 bits per heavy atom. The van der Waals surface area contributed by atoms with Gasteiger partial charge in [0.2, 0.25) is 0 Å². The smallest absolute Gasteiger partial charge is 0.348 e. The molecule has 4 rings (SSSR count). The predicted octanol–water partition coefficient (Wildman–Crippen LogP) is 3.59. The molecular weight excluding hydrogens is 403 g/mol. The van der Waals surface area contributed by atoms with Crippen LogP contribution in [0.2, 0.25) is 0 Å². The summed E-state index contributed by atoms with van der Waals surface area (Å²) >= 11 is 0.495. The van der Waals surface area contributed by atoms with E-state index >= 15 is 0 Å². The van der Waals surface area contributed by atoms with Crippen molar-refractivity contribution >= 4 is 17.2 Å². The lowest BCUT2D eigenvalue weighted by atomic mass is 9.92. The predicted molar refractivity (Wildman–Crippen MR) is 103 cm³/mol. The normalized spacial score (nSPS) is 16.7. The Bertz CT molecular complexity index is 1110. The number of halogens is 3. The van der Waals surface area contributed by atoms with Crippen molar-refractivity contribution in [3.63, 3.8) is 0 Å². The van der Waals surface area contributed by atoms with Gasteiger partial charge in [0.25, 0.3) is 0 Å². The highest BCUT2D eigenvalue weighted by molar-refractivity contribution is 7.11. The number of anilines is 1. The number of aromatic nitrogens is 4. The summed E-state index contributed by atoms with van der Waals surface area (Å²) in [5, 5.41) is 3.18. The largest absolute Gasteiger partial charge is 0.443 e. The Labute approximate surface area is 168 Å². The van der Waals surface area contributed by atoms with Gasteiger partial charge in [0.1, 0.15) is 0 Å². The van der Waals surface area contributed by atoms with Crippen molar-refractivity contribution in [2.75, 3.05) is 11.4 Å². The highest BCUT2D eigenvalue weighted by Gasteiger charge is 2.34. The zero-order chi connectivity index (χ0) is 20.8. The van der Waals surface area contributed by atoms with E-state index in [1.165, 1.54) is 22.9 Å². The molecule has 0 aliphatic carbocycles. The summed E-state index contributed by atoms with van der Waals surface area (Å²) in [5.41, 5.74) is 3.09. The molecule has 3 aromatic rings. The summed E-state index contributed by atoms with van der Waals surface area (Å²) in [7, 11) is 0. The molecular formula is C19H18F3N5OS. The van der Waals surface area contributed by atoms with Crippen LogP contribution >= 0.6 is 11.3 Å². The second-order valence-corrected chi connectivity index (χ2v) is 8.12. The molecule has 0 spiro atoms. The zero-order valence-electron chi connectivity index (χ0n) is 15.8. The van der Waals surface area contributed by atoms with Gasteiger partial charge in [0, 0.05) is 17.6 Å². The van der Waals surface area contributed by atoms with Crippen molar-refractivity contribution < 1.29 is 13.2 Å². The van der Waals surface area contributed by atoms with E-state index < -0.39 is 16.9 Å². The average Bonchev–Trinajstić information content (AvgIpc) is 3.13. The van der Waals surface area contributed by atoms with Crippen LogP contribution < -0.4 is 10.6 Å². The molecule has 0 saturated heterocycles. The fourth-order valence-electron chi connectivity index (χ4n) is 3.54. The molecule has 0 fully saturated rings. The highest BCUT2D eigenvalue weighted by Crippen LogP contribution is 2.33. The molecule has 0 N–H and O–H groups in total. The van der Waals surface area contributed by atoms with Gasteiger partial charge in [0.15, 0.2) is 10.8 Å². The molecule has 0 saturated carbocycles. The minimum Gasteiger partial charge on any atom is -0.348 e. The van der Waals surface area contributed by atoms with Gasteiger partial charge in [-0.25, -0.2) is 14.5 Å². The summed E-state index contributed by atoms with van der Waals surface area (Å²) in [4.78, 5) is 22.2. The molecule has 1 unspecified atom stereocenters. The summed E-state index contributed by atoms with van der Waals surface area (Å²) < 4.78 is 39.1. The van der Waals surface area contributed by atoms with Crippen molar-refractivity contribution in [2.24, 2.45) is 0 Å². The maximum absolute atomic E-state index is 12.7. The minimum absolute atomic E-state index is 0.0414. The van der Waals surface area contributed by atoms with E-state index in [-0.39, 0.29) is 17.5 Å². The van der Waals surface area contributed by atoms with E-state index in [0.717, 1.165) is 17.3 Å². The van der Waals surface area contributed by atoms with Crippen LogP contribution in [0.1, 0.15) is 39.5 Å². The van der Waals surface area contributed by atoms with E-state index in [1.807, 2.05) is 4.90 Å². The van der Waals surface area contributed by atoms with Crippen molar-refractivity contribution in [1.29, 1.82) is 0 Å². The average molecular weight is 421 g/mol. The van der Waals surface area contributed by atoms with Crippen LogP contribution in [0.5, 0.6) is 0 Å². The molecule has 1 atom stereocenters. The summed E-state index contributed by atoms with van der Waals surface area (Å²) in [5.74, 6) is 0.463. The first-order valence-electron chi connectivity index (χ1n) is 9.04. The maximum atomic E-state index is 12.7. The molecule has 6 nitrogen and oxygen atoms in total. The Balaban J connectivity index is 1.55. The molecule has 2 aromatic heterocycles. The molecule has 3 heterocycles. The lowest BCUT2D eigenvalue weighted by Gasteiger charge is -2.36. The van der Waals surface area contributed by atoms with Crippen LogP contribution in [0.15, 0.2) is 35.4 Å². The van der Waals surface area contributed by atoms with Crippen LogP contribution in [0.4, 0.5) is 19.0 Å². The standard InChI is InChI=1S/C19H18F3N5OS/c1-11-3-4-15-12(2)26(6-5-13(15)7-11)16-9-24-27(18(28)25-16)10-14-8-23-17(29-14)19(20,21)22/h3-4,7-9,12H,5-6,10H2,1-2H3. The van der Waals surface area contributed by atoms with Crippen LogP contribution in [0.3, 0.4) is 0 Å². The Hall–Kier alpha value is -2.75. The lowest BCUT2D eigenvalue weighted by Crippen LogP contribution is -2.37. The number of hydrogen-bond acceptors (Lipinski definition) is 6. The number of thiazole rings is 1. The van der Waals surface area contributed by atoms with Crippen LogP contribution in [0.25, 0.3) is 0 Å². The second-order valence-electron chi connectivity index (χ2n) is 7.01. The highest BCUT2D eigenvalue weighted by atomic mass is 32.1. The van der Waals surface area contributed by atoms with Gasteiger partial charge in [-0.05, 0) is 31.4 Å². The maximum Gasteiger partial charge on any atom is 0.443 e. The molecule has 1 aromatic carbocycles. The van der Waals surface area contributed by atoms with Crippen molar-refractivity contribution in [2.45, 2.75) is 39.0 Å². The van der Waals surface area contributed by atoms with E-state index in [4.69, 9.17) is 0 Å². The number of aryl methyl sites for hydroxylation is 1. The van der Waals surface area contributed by atoms with Gasteiger partial charge in [-0.15, -0.1) is 11.3 Å². The minimum atomic E-state index is -4.50.